The van der Waals surface area contributed by atoms with E-state index >= 15 is 0 Å². The van der Waals surface area contributed by atoms with Gasteiger partial charge in [0.05, 0.1) is 5.56 Å². The minimum Gasteiger partial charge on any atom is -0.352 e. The maximum Gasteiger partial charge on any atom is 0.259 e. The van der Waals surface area contributed by atoms with E-state index in [0.717, 1.165) is 22.0 Å². The Morgan fingerprint density at radius 1 is 1.23 bits per heavy atom. The van der Waals surface area contributed by atoms with Gasteiger partial charge in [0.1, 0.15) is 0 Å². The van der Waals surface area contributed by atoms with Crippen LogP contribution in [0, 0.1) is 6.92 Å². The monoisotopic (exact) mass is 403 g/mol. The summed E-state index contributed by atoms with van der Waals surface area (Å²) in [5.74, 6) is 0.587. The summed E-state index contributed by atoms with van der Waals surface area (Å²) in [5.41, 5.74) is 2.89. The highest BCUT2D eigenvalue weighted by atomic mass is 16.5. The molecule has 0 bridgehead atoms. The van der Waals surface area contributed by atoms with Gasteiger partial charge in [0, 0.05) is 37.3 Å². The molecule has 0 saturated carbocycles. The average Bonchev–Trinajstić information content (AvgIpc) is 3.21. The number of rotatable bonds is 7. The zero-order valence-corrected chi connectivity index (χ0v) is 16.5. The van der Waals surface area contributed by atoms with Gasteiger partial charge in [0.15, 0.2) is 0 Å². The third-order valence-electron chi connectivity index (χ3n) is 4.72. The van der Waals surface area contributed by atoms with Gasteiger partial charge in [-0.25, -0.2) is 0 Å². The number of fused-ring (bicyclic) bond motifs is 1. The van der Waals surface area contributed by atoms with Gasteiger partial charge in [0.25, 0.3) is 5.56 Å². The van der Waals surface area contributed by atoms with Gasteiger partial charge in [-0.2, -0.15) is 4.98 Å². The first-order valence-electron chi connectivity index (χ1n) is 9.71. The second-order valence-corrected chi connectivity index (χ2v) is 7.11. The van der Waals surface area contributed by atoms with Crippen LogP contribution in [0.2, 0.25) is 0 Å². The molecule has 0 aliphatic carbocycles. The SMILES string of the molecule is Cc1ccc2[nH]c(=O)c(-c3noc(CCCC(=O)NCc4cccnc4)n3)cc2c1. The summed E-state index contributed by atoms with van der Waals surface area (Å²) in [6.45, 7) is 2.44. The lowest BCUT2D eigenvalue weighted by Crippen LogP contribution is -2.22. The number of nitrogens with one attached hydrogen (secondary N) is 2. The number of amides is 1. The van der Waals surface area contributed by atoms with Crippen molar-refractivity contribution in [1.29, 1.82) is 0 Å². The Labute approximate surface area is 172 Å². The van der Waals surface area contributed by atoms with Crippen molar-refractivity contribution >= 4 is 16.8 Å². The average molecular weight is 403 g/mol. The predicted octanol–water partition coefficient (Wildman–Crippen LogP) is 2.92. The Hall–Kier alpha value is -3.81. The second-order valence-electron chi connectivity index (χ2n) is 7.11. The van der Waals surface area contributed by atoms with Gasteiger partial charge in [-0.15, -0.1) is 0 Å². The third-order valence-corrected chi connectivity index (χ3v) is 4.72. The van der Waals surface area contributed by atoms with Crippen LogP contribution in [0.4, 0.5) is 0 Å². The van der Waals surface area contributed by atoms with Crippen LogP contribution in [-0.2, 0) is 17.8 Å². The van der Waals surface area contributed by atoms with Crippen LogP contribution in [0.3, 0.4) is 0 Å². The molecule has 0 aliphatic heterocycles. The Bertz CT molecular complexity index is 1230. The summed E-state index contributed by atoms with van der Waals surface area (Å²) in [6, 6.07) is 11.3. The molecule has 1 aromatic carbocycles. The summed E-state index contributed by atoms with van der Waals surface area (Å²) in [7, 11) is 0. The molecule has 0 saturated heterocycles. The van der Waals surface area contributed by atoms with Gasteiger partial charge in [0.2, 0.25) is 17.6 Å². The van der Waals surface area contributed by atoms with Crippen LogP contribution in [-0.4, -0.2) is 26.0 Å². The van der Waals surface area contributed by atoms with Crippen LogP contribution < -0.4 is 10.9 Å². The van der Waals surface area contributed by atoms with Crippen LogP contribution in [0.15, 0.2) is 58.1 Å². The largest absolute Gasteiger partial charge is 0.352 e. The molecule has 8 heteroatoms. The fraction of sp³-hybridized carbons (Fsp3) is 0.227. The number of aromatic nitrogens is 4. The lowest BCUT2D eigenvalue weighted by atomic mass is 10.1. The number of benzene rings is 1. The summed E-state index contributed by atoms with van der Waals surface area (Å²) in [5, 5.41) is 7.69. The smallest absolute Gasteiger partial charge is 0.259 e. The normalized spacial score (nSPS) is 11.0. The summed E-state index contributed by atoms with van der Waals surface area (Å²) in [6.07, 6.45) is 4.77. The number of hydrogen-bond acceptors (Lipinski definition) is 6. The minimum absolute atomic E-state index is 0.0556. The zero-order chi connectivity index (χ0) is 20.9. The predicted molar refractivity (Wildman–Crippen MR) is 112 cm³/mol. The van der Waals surface area contributed by atoms with Crippen LogP contribution in [0.25, 0.3) is 22.3 Å². The van der Waals surface area contributed by atoms with Crippen molar-refractivity contribution in [3.05, 3.63) is 76.2 Å². The number of aromatic amines is 1. The molecule has 8 nitrogen and oxygen atoms in total. The Balaban J connectivity index is 1.35. The quantitative estimate of drug-likeness (QED) is 0.490. The lowest BCUT2D eigenvalue weighted by Gasteiger charge is -2.04. The fourth-order valence-electron chi connectivity index (χ4n) is 3.15. The first-order chi connectivity index (χ1) is 14.6. The highest BCUT2D eigenvalue weighted by Gasteiger charge is 2.14. The number of aryl methyl sites for hydroxylation is 2. The molecule has 30 heavy (non-hydrogen) atoms. The van der Waals surface area contributed by atoms with Crippen LogP contribution >= 0.6 is 0 Å². The van der Waals surface area contributed by atoms with E-state index < -0.39 is 0 Å². The maximum absolute atomic E-state index is 12.4. The van der Waals surface area contributed by atoms with E-state index in [1.54, 1.807) is 18.5 Å². The lowest BCUT2D eigenvalue weighted by molar-refractivity contribution is -0.121. The zero-order valence-electron chi connectivity index (χ0n) is 16.5. The first-order valence-corrected chi connectivity index (χ1v) is 9.71. The highest BCUT2D eigenvalue weighted by Crippen LogP contribution is 2.19. The van der Waals surface area contributed by atoms with E-state index in [4.69, 9.17) is 4.52 Å². The summed E-state index contributed by atoms with van der Waals surface area (Å²) >= 11 is 0. The number of H-pyrrole nitrogens is 1. The van der Waals surface area contributed by atoms with Gasteiger partial charge >= 0.3 is 0 Å². The number of hydrogen-bond donors (Lipinski definition) is 2. The molecule has 2 N–H and O–H groups in total. The number of carbonyl (C=O) groups excluding carboxylic acids is 1. The molecule has 4 rings (SSSR count). The topological polar surface area (TPSA) is 114 Å². The van der Waals surface area contributed by atoms with E-state index in [-0.39, 0.29) is 17.3 Å². The fourth-order valence-corrected chi connectivity index (χ4v) is 3.15. The second kappa shape index (κ2) is 8.69. The maximum atomic E-state index is 12.4. The van der Waals surface area contributed by atoms with E-state index in [1.807, 2.05) is 37.3 Å². The number of carbonyl (C=O) groups is 1. The van der Waals surface area contributed by atoms with Gasteiger partial charge in [-0.05, 0) is 48.6 Å². The number of nitrogens with zero attached hydrogens (tertiary/aromatic N) is 3. The van der Waals surface area contributed by atoms with Crippen molar-refractivity contribution < 1.29 is 9.32 Å². The standard InChI is InChI=1S/C22H21N5O3/c1-14-7-8-18-16(10-14)11-17(22(29)25-18)21-26-20(30-27-21)6-2-5-19(28)24-13-15-4-3-9-23-12-15/h3-4,7-12H,2,5-6,13H2,1H3,(H,24,28)(H,25,29). The van der Waals surface area contributed by atoms with Crippen molar-refractivity contribution in [2.24, 2.45) is 0 Å². The molecule has 0 fully saturated rings. The Morgan fingerprint density at radius 3 is 2.97 bits per heavy atom. The van der Waals surface area contributed by atoms with E-state index in [2.05, 4.69) is 25.4 Å². The highest BCUT2D eigenvalue weighted by molar-refractivity contribution is 5.82. The minimum atomic E-state index is -0.270. The molecule has 4 aromatic rings. The van der Waals surface area contributed by atoms with Crippen molar-refractivity contribution in [1.82, 2.24) is 25.4 Å². The van der Waals surface area contributed by atoms with Gasteiger partial charge < -0.3 is 14.8 Å². The third kappa shape index (κ3) is 4.60. The summed E-state index contributed by atoms with van der Waals surface area (Å²) < 4.78 is 5.27. The molecule has 0 atom stereocenters. The molecule has 3 heterocycles. The Kier molecular flexibility index (Phi) is 5.65. The Morgan fingerprint density at radius 2 is 2.13 bits per heavy atom. The molecule has 0 unspecified atom stereocenters. The van der Waals surface area contributed by atoms with E-state index in [1.165, 1.54) is 0 Å². The molecular formula is C22H21N5O3. The number of pyridine rings is 2. The molecular weight excluding hydrogens is 382 g/mol. The van der Waals surface area contributed by atoms with E-state index in [9.17, 15) is 9.59 Å². The molecule has 0 aliphatic rings. The van der Waals surface area contributed by atoms with E-state index in [0.29, 0.717) is 37.3 Å². The first kappa shape index (κ1) is 19.5. The molecule has 152 valence electrons. The molecule has 0 radical (unpaired) electrons. The van der Waals surface area contributed by atoms with Crippen molar-refractivity contribution in [2.45, 2.75) is 32.7 Å². The molecule has 1 amide bonds. The van der Waals surface area contributed by atoms with Crippen molar-refractivity contribution in [3.63, 3.8) is 0 Å². The van der Waals surface area contributed by atoms with Crippen molar-refractivity contribution in [3.8, 4) is 11.4 Å². The molecule has 3 aromatic heterocycles. The van der Waals surface area contributed by atoms with Crippen LogP contribution in [0.5, 0.6) is 0 Å². The van der Waals surface area contributed by atoms with Crippen LogP contribution in [0.1, 0.15) is 29.9 Å². The summed E-state index contributed by atoms with van der Waals surface area (Å²) in [4.78, 5) is 35.6. The van der Waals surface area contributed by atoms with Gasteiger partial charge in [-0.3, -0.25) is 14.6 Å². The molecule has 0 spiro atoms. The van der Waals surface area contributed by atoms with Crippen molar-refractivity contribution in [2.75, 3.05) is 0 Å². The van der Waals surface area contributed by atoms with Gasteiger partial charge in [-0.1, -0.05) is 22.9 Å².